The van der Waals surface area contributed by atoms with Gasteiger partial charge >= 0.3 is 5.97 Å². The molecule has 120 valence electrons. The number of nitrogens with zero attached hydrogens (tertiary/aromatic N) is 3. The molecule has 1 aromatic heterocycles. The van der Waals surface area contributed by atoms with Crippen molar-refractivity contribution in [1.29, 1.82) is 0 Å². The lowest BCUT2D eigenvalue weighted by atomic mass is 9.86. The van der Waals surface area contributed by atoms with E-state index < -0.39 is 5.97 Å². The number of carbonyl (C=O) groups excluding carboxylic acids is 1. The second-order valence-corrected chi connectivity index (χ2v) is 6.33. The average molecular weight is 305 g/mol. The van der Waals surface area contributed by atoms with Crippen LogP contribution in [0.2, 0.25) is 0 Å². The molecule has 2 rings (SSSR count). The first-order valence-electron chi connectivity index (χ1n) is 7.66. The Bertz CT molecular complexity index is 586. The normalized spacial score (nSPS) is 22.0. The Morgan fingerprint density at radius 2 is 2.09 bits per heavy atom. The zero-order chi connectivity index (χ0) is 16.4. The molecule has 1 aliphatic rings. The molecule has 1 aliphatic heterocycles. The van der Waals surface area contributed by atoms with Gasteiger partial charge in [0.2, 0.25) is 0 Å². The highest BCUT2D eigenvalue weighted by Gasteiger charge is 2.34. The lowest BCUT2D eigenvalue weighted by Crippen LogP contribution is -2.45. The highest BCUT2D eigenvalue weighted by molar-refractivity contribution is 5.95. The van der Waals surface area contributed by atoms with E-state index in [0.717, 1.165) is 5.69 Å². The summed E-state index contributed by atoms with van der Waals surface area (Å²) in [6.07, 6.45) is 2.08. The van der Waals surface area contributed by atoms with Crippen LogP contribution in [0.15, 0.2) is 6.20 Å². The minimum atomic E-state index is -0.777. The molecule has 6 heteroatoms. The lowest BCUT2D eigenvalue weighted by molar-refractivity contribution is -0.145. The number of carbonyl (C=O) groups is 2. The first-order valence-corrected chi connectivity index (χ1v) is 7.66. The molecular formula is C16H23N3O3. The maximum absolute atomic E-state index is 12.8. The van der Waals surface area contributed by atoms with Crippen LogP contribution in [0.5, 0.6) is 0 Å². The quantitative estimate of drug-likeness (QED) is 0.924. The molecular weight excluding hydrogens is 282 g/mol. The van der Waals surface area contributed by atoms with E-state index in [1.165, 1.54) is 0 Å². The van der Waals surface area contributed by atoms with Gasteiger partial charge in [-0.1, -0.05) is 20.8 Å². The van der Waals surface area contributed by atoms with Crippen LogP contribution in [-0.2, 0) is 4.79 Å². The number of piperidine rings is 1. The Morgan fingerprint density at radius 3 is 2.64 bits per heavy atom. The van der Waals surface area contributed by atoms with E-state index in [1.807, 2.05) is 20.8 Å². The lowest BCUT2D eigenvalue weighted by Gasteiger charge is -2.35. The van der Waals surface area contributed by atoms with E-state index >= 15 is 0 Å². The molecule has 1 aromatic rings. The van der Waals surface area contributed by atoms with E-state index in [0.29, 0.717) is 30.9 Å². The van der Waals surface area contributed by atoms with Crippen molar-refractivity contribution in [2.45, 2.75) is 40.0 Å². The number of aryl methyl sites for hydroxylation is 1. The maximum Gasteiger partial charge on any atom is 0.306 e. The molecule has 2 heterocycles. The summed E-state index contributed by atoms with van der Waals surface area (Å²) >= 11 is 0. The van der Waals surface area contributed by atoms with Gasteiger partial charge in [-0.2, -0.15) is 0 Å². The van der Waals surface area contributed by atoms with Crippen LogP contribution >= 0.6 is 0 Å². The van der Waals surface area contributed by atoms with Gasteiger partial charge < -0.3 is 10.0 Å². The molecule has 1 saturated heterocycles. The number of aliphatic carboxylic acids is 1. The third kappa shape index (κ3) is 3.26. The zero-order valence-electron chi connectivity index (χ0n) is 13.5. The molecule has 0 spiro atoms. The predicted octanol–water partition coefficient (Wildman–Crippen LogP) is 2.09. The molecule has 0 radical (unpaired) electrons. The van der Waals surface area contributed by atoms with Gasteiger partial charge in [-0.05, 0) is 25.2 Å². The summed E-state index contributed by atoms with van der Waals surface area (Å²) in [5, 5.41) is 9.17. The zero-order valence-corrected chi connectivity index (χ0v) is 13.5. The Balaban J connectivity index is 2.21. The second-order valence-electron chi connectivity index (χ2n) is 6.33. The van der Waals surface area contributed by atoms with Crippen molar-refractivity contribution in [3.63, 3.8) is 0 Å². The van der Waals surface area contributed by atoms with Crippen LogP contribution in [-0.4, -0.2) is 44.9 Å². The highest BCUT2D eigenvalue weighted by atomic mass is 16.4. The SMILES string of the molecule is Cc1ncc(C(=O)N2CCC(C(=O)O)C(C)C2)c(C(C)C)n1. The van der Waals surface area contributed by atoms with E-state index in [-0.39, 0.29) is 23.7 Å². The molecule has 6 nitrogen and oxygen atoms in total. The summed E-state index contributed by atoms with van der Waals surface area (Å²) in [6.45, 7) is 8.61. The summed E-state index contributed by atoms with van der Waals surface area (Å²) in [7, 11) is 0. The molecule has 1 N–H and O–H groups in total. The van der Waals surface area contributed by atoms with Gasteiger partial charge in [0.25, 0.3) is 5.91 Å². The predicted molar refractivity (Wildman–Crippen MR) is 81.7 cm³/mol. The van der Waals surface area contributed by atoms with Gasteiger partial charge in [0.1, 0.15) is 5.82 Å². The molecule has 22 heavy (non-hydrogen) atoms. The molecule has 1 fully saturated rings. The Kier molecular flexibility index (Phi) is 4.78. The monoisotopic (exact) mass is 305 g/mol. The Labute approximate surface area is 130 Å². The van der Waals surface area contributed by atoms with Gasteiger partial charge in [-0.15, -0.1) is 0 Å². The Morgan fingerprint density at radius 1 is 1.41 bits per heavy atom. The van der Waals surface area contributed by atoms with Crippen LogP contribution in [0.1, 0.15) is 55.0 Å². The van der Waals surface area contributed by atoms with Crippen LogP contribution in [0.25, 0.3) is 0 Å². The third-order valence-electron chi connectivity index (χ3n) is 4.23. The van der Waals surface area contributed by atoms with Crippen LogP contribution in [0, 0.1) is 18.8 Å². The van der Waals surface area contributed by atoms with E-state index in [9.17, 15) is 14.7 Å². The standard InChI is InChI=1S/C16H23N3O3/c1-9(2)14-13(7-17-11(4)18-14)15(20)19-6-5-12(16(21)22)10(3)8-19/h7,9-10,12H,5-6,8H2,1-4H3,(H,21,22). The molecule has 1 amide bonds. The summed E-state index contributed by atoms with van der Waals surface area (Å²) < 4.78 is 0. The Hall–Kier alpha value is -1.98. The average Bonchev–Trinajstić information content (AvgIpc) is 2.45. The van der Waals surface area contributed by atoms with Gasteiger partial charge in [0.15, 0.2) is 0 Å². The van der Waals surface area contributed by atoms with Gasteiger partial charge in [-0.25, -0.2) is 9.97 Å². The van der Waals surface area contributed by atoms with Gasteiger partial charge in [0, 0.05) is 19.3 Å². The number of hydrogen-bond donors (Lipinski definition) is 1. The summed E-state index contributed by atoms with van der Waals surface area (Å²) in [5.41, 5.74) is 1.28. The first-order chi connectivity index (χ1) is 10.3. The number of aromatic nitrogens is 2. The van der Waals surface area contributed by atoms with Crippen molar-refractivity contribution >= 4 is 11.9 Å². The number of carboxylic acids is 1. The van der Waals surface area contributed by atoms with Crippen LogP contribution in [0.4, 0.5) is 0 Å². The minimum absolute atomic E-state index is 0.0518. The number of hydrogen-bond acceptors (Lipinski definition) is 4. The largest absolute Gasteiger partial charge is 0.481 e. The van der Waals surface area contributed by atoms with E-state index in [1.54, 1.807) is 18.0 Å². The highest BCUT2D eigenvalue weighted by Crippen LogP contribution is 2.26. The maximum atomic E-state index is 12.8. The second kappa shape index (κ2) is 6.42. The minimum Gasteiger partial charge on any atom is -0.481 e. The number of amides is 1. The molecule has 0 saturated carbocycles. The molecule has 2 atom stereocenters. The van der Waals surface area contributed by atoms with E-state index in [2.05, 4.69) is 9.97 Å². The van der Waals surface area contributed by atoms with Crippen molar-refractivity contribution in [1.82, 2.24) is 14.9 Å². The number of carboxylic acid groups (broad SMARTS) is 1. The number of likely N-dealkylation sites (tertiary alicyclic amines) is 1. The van der Waals surface area contributed by atoms with Gasteiger partial charge in [0.05, 0.1) is 17.2 Å². The van der Waals surface area contributed by atoms with Crippen molar-refractivity contribution < 1.29 is 14.7 Å². The van der Waals surface area contributed by atoms with Crippen molar-refractivity contribution in [2.75, 3.05) is 13.1 Å². The fourth-order valence-corrected chi connectivity index (χ4v) is 2.96. The van der Waals surface area contributed by atoms with Crippen molar-refractivity contribution in [2.24, 2.45) is 11.8 Å². The molecule has 2 unspecified atom stereocenters. The topological polar surface area (TPSA) is 83.4 Å². The van der Waals surface area contributed by atoms with E-state index in [4.69, 9.17) is 0 Å². The fraction of sp³-hybridized carbons (Fsp3) is 0.625. The van der Waals surface area contributed by atoms with Crippen LogP contribution < -0.4 is 0 Å². The number of rotatable bonds is 3. The molecule has 0 aromatic carbocycles. The third-order valence-corrected chi connectivity index (χ3v) is 4.23. The van der Waals surface area contributed by atoms with Crippen molar-refractivity contribution in [3.8, 4) is 0 Å². The first kappa shape index (κ1) is 16.4. The van der Waals surface area contributed by atoms with Gasteiger partial charge in [-0.3, -0.25) is 9.59 Å². The molecule has 0 bridgehead atoms. The summed E-state index contributed by atoms with van der Waals surface area (Å²) in [5.74, 6) is -0.514. The molecule has 0 aliphatic carbocycles. The smallest absolute Gasteiger partial charge is 0.306 e. The fourth-order valence-electron chi connectivity index (χ4n) is 2.96. The summed E-state index contributed by atoms with van der Waals surface area (Å²) in [4.78, 5) is 34.2. The van der Waals surface area contributed by atoms with Crippen LogP contribution in [0.3, 0.4) is 0 Å². The van der Waals surface area contributed by atoms with Crippen molar-refractivity contribution in [3.05, 3.63) is 23.3 Å². The summed E-state index contributed by atoms with van der Waals surface area (Å²) in [6, 6.07) is 0.